The lowest BCUT2D eigenvalue weighted by Gasteiger charge is -2.25. The number of aliphatic hydroxyl groups is 2. The summed E-state index contributed by atoms with van der Waals surface area (Å²) in [6.45, 7) is 7.02. The van der Waals surface area contributed by atoms with Crippen molar-refractivity contribution >= 4 is 29.4 Å². The fourth-order valence-electron chi connectivity index (χ4n) is 6.69. The van der Waals surface area contributed by atoms with E-state index in [9.17, 15) is 29.7 Å². The number of ether oxygens (including phenoxy) is 3. The van der Waals surface area contributed by atoms with Crippen LogP contribution in [0.2, 0.25) is 5.02 Å². The molecule has 0 bridgehead atoms. The van der Waals surface area contributed by atoms with Gasteiger partial charge in [-0.3, -0.25) is 24.7 Å². The number of carbonyl (C=O) groups is 3. The van der Waals surface area contributed by atoms with Gasteiger partial charge in [0.2, 0.25) is 5.91 Å². The van der Waals surface area contributed by atoms with E-state index >= 15 is 0 Å². The maximum Gasteiger partial charge on any atom is 0.326 e. The van der Waals surface area contributed by atoms with Crippen molar-refractivity contribution in [3.05, 3.63) is 105 Å². The van der Waals surface area contributed by atoms with Crippen LogP contribution in [0.4, 0.5) is 0 Å². The number of amides is 1. The largest absolute Gasteiger partial charge is 0.493 e. The van der Waals surface area contributed by atoms with Crippen LogP contribution >= 0.6 is 11.6 Å². The number of primary amides is 1. The standard InChI is InChI=1S/C42H49ClN4O10/c1-26-29(7-4-8-32(26)33-9-5-10-35(27(33)2)55-14-6-12-47-13-11-42(54,24-47)18-38(49)50)23-57-37-17-36(56-22-28-15-31(39(44)51)20-45-19-28)30(16-34(37)43)21-46-41(3,25-48)40(52)53/h4-5,7-10,15-17,19-20,46,48,54H,6,11-14,18,21-25H2,1-3H3,(H2,44,51)(H,49,50)(H,52,53)/t41-,42?/m0/s1. The number of carboxylic acid groups (broad SMARTS) is 2. The van der Waals surface area contributed by atoms with E-state index in [1.807, 2.05) is 50.2 Å². The van der Waals surface area contributed by atoms with Crippen molar-refractivity contribution in [2.75, 3.05) is 32.8 Å². The van der Waals surface area contributed by atoms with Crippen molar-refractivity contribution in [3.8, 4) is 28.4 Å². The summed E-state index contributed by atoms with van der Waals surface area (Å²) in [7, 11) is 0. The molecule has 1 amide bonds. The fraction of sp³-hybridized carbons (Fsp3) is 0.381. The smallest absolute Gasteiger partial charge is 0.326 e. The van der Waals surface area contributed by atoms with E-state index in [2.05, 4.69) is 15.2 Å². The Balaban J connectivity index is 1.29. The van der Waals surface area contributed by atoms with Crippen molar-refractivity contribution in [2.24, 2.45) is 5.73 Å². The second-order valence-corrected chi connectivity index (χ2v) is 15.0. The summed E-state index contributed by atoms with van der Waals surface area (Å²) in [4.78, 5) is 40.8. The molecule has 0 radical (unpaired) electrons. The Morgan fingerprint density at radius 3 is 2.37 bits per heavy atom. The van der Waals surface area contributed by atoms with Crippen molar-refractivity contribution in [2.45, 2.75) is 70.9 Å². The van der Waals surface area contributed by atoms with Crippen LogP contribution in [0.1, 0.15) is 64.4 Å². The Kier molecular flexibility index (Phi) is 14.1. The minimum atomic E-state index is -1.63. The van der Waals surface area contributed by atoms with Gasteiger partial charge in [0.25, 0.3) is 0 Å². The highest BCUT2D eigenvalue weighted by Crippen LogP contribution is 2.37. The van der Waals surface area contributed by atoms with Crippen molar-refractivity contribution in [1.82, 2.24) is 15.2 Å². The molecule has 2 heterocycles. The molecule has 1 fully saturated rings. The molecule has 0 aliphatic carbocycles. The first-order chi connectivity index (χ1) is 27.1. The Morgan fingerprint density at radius 1 is 0.947 bits per heavy atom. The van der Waals surface area contributed by atoms with E-state index < -0.39 is 35.6 Å². The monoisotopic (exact) mass is 804 g/mol. The van der Waals surface area contributed by atoms with Gasteiger partial charge < -0.3 is 45.3 Å². The maximum absolute atomic E-state index is 11.8. The number of hydrogen-bond acceptors (Lipinski definition) is 11. The number of nitrogens with one attached hydrogen (secondary N) is 1. The molecule has 1 unspecified atom stereocenters. The lowest BCUT2D eigenvalue weighted by molar-refractivity contribution is -0.146. The number of nitrogens with two attached hydrogens (primary N) is 1. The molecular weight excluding hydrogens is 756 g/mol. The number of pyridine rings is 1. The van der Waals surface area contributed by atoms with Gasteiger partial charge in [-0.2, -0.15) is 0 Å². The first-order valence-corrected chi connectivity index (χ1v) is 18.9. The highest BCUT2D eigenvalue weighted by Gasteiger charge is 2.37. The highest BCUT2D eigenvalue weighted by molar-refractivity contribution is 6.32. The third-order valence-electron chi connectivity index (χ3n) is 10.2. The van der Waals surface area contributed by atoms with Crippen LogP contribution in [0.15, 0.2) is 67.0 Å². The summed E-state index contributed by atoms with van der Waals surface area (Å²) in [6.07, 6.45) is 3.79. The number of likely N-dealkylation sites (tertiary alicyclic amines) is 1. The van der Waals surface area contributed by atoms with Crippen LogP contribution in [0.5, 0.6) is 17.2 Å². The number of β-amino-alcohol motifs (C(OH)–C–C–N with tert-alkyl or cyclic N) is 1. The maximum atomic E-state index is 11.8. The average Bonchev–Trinajstić information content (AvgIpc) is 3.54. The highest BCUT2D eigenvalue weighted by atomic mass is 35.5. The molecular formula is C42H49ClN4O10. The summed E-state index contributed by atoms with van der Waals surface area (Å²) in [5.41, 5.74) is 8.78. The number of nitrogens with zero attached hydrogens (tertiary/aromatic N) is 2. The van der Waals surface area contributed by atoms with Gasteiger partial charge in [0.15, 0.2) is 0 Å². The van der Waals surface area contributed by atoms with Crippen LogP contribution < -0.4 is 25.3 Å². The number of carbonyl (C=O) groups excluding carboxylic acids is 1. The second-order valence-electron chi connectivity index (χ2n) is 14.6. The lowest BCUT2D eigenvalue weighted by atomic mass is 9.93. The molecule has 15 heteroatoms. The minimum Gasteiger partial charge on any atom is -0.493 e. The number of hydrogen-bond donors (Lipinski definition) is 6. The summed E-state index contributed by atoms with van der Waals surface area (Å²) >= 11 is 6.73. The van der Waals surface area contributed by atoms with Crippen LogP contribution in [-0.2, 0) is 29.3 Å². The summed E-state index contributed by atoms with van der Waals surface area (Å²) in [6, 6.07) is 16.7. The zero-order valence-electron chi connectivity index (χ0n) is 32.2. The first kappa shape index (κ1) is 42.9. The molecule has 1 aliphatic rings. The van der Waals surface area contributed by atoms with E-state index in [1.54, 1.807) is 18.2 Å². The first-order valence-electron chi connectivity index (χ1n) is 18.5. The number of halogens is 1. The van der Waals surface area contributed by atoms with Crippen LogP contribution in [0, 0.1) is 13.8 Å². The second kappa shape index (κ2) is 18.8. The van der Waals surface area contributed by atoms with Gasteiger partial charge >= 0.3 is 11.9 Å². The van der Waals surface area contributed by atoms with E-state index in [-0.39, 0.29) is 36.8 Å². The number of aromatic nitrogens is 1. The van der Waals surface area contributed by atoms with Crippen molar-refractivity contribution < 1.29 is 49.0 Å². The normalized spacial score (nSPS) is 16.5. The summed E-state index contributed by atoms with van der Waals surface area (Å²) in [5.74, 6) is -1.46. The van der Waals surface area contributed by atoms with Gasteiger partial charge in [0.05, 0.1) is 35.8 Å². The molecule has 1 aliphatic heterocycles. The van der Waals surface area contributed by atoms with Gasteiger partial charge in [-0.15, -0.1) is 0 Å². The van der Waals surface area contributed by atoms with E-state index in [0.29, 0.717) is 55.3 Å². The number of rotatable bonds is 20. The number of benzene rings is 3. The molecule has 4 aromatic rings. The number of aliphatic hydroxyl groups excluding tert-OH is 1. The molecule has 1 saturated heterocycles. The van der Waals surface area contributed by atoms with E-state index in [1.165, 1.54) is 19.3 Å². The predicted octanol–water partition coefficient (Wildman–Crippen LogP) is 4.88. The van der Waals surface area contributed by atoms with Gasteiger partial charge in [-0.05, 0) is 79.6 Å². The molecule has 5 rings (SSSR count). The average molecular weight is 805 g/mol. The molecule has 3 aromatic carbocycles. The van der Waals surface area contributed by atoms with Gasteiger partial charge in [-0.25, -0.2) is 0 Å². The van der Waals surface area contributed by atoms with E-state index in [4.69, 9.17) is 36.7 Å². The Hall–Kier alpha value is -5.25. The Morgan fingerprint density at radius 2 is 1.67 bits per heavy atom. The third-order valence-corrected chi connectivity index (χ3v) is 10.5. The van der Waals surface area contributed by atoms with Crippen LogP contribution in [0.25, 0.3) is 11.1 Å². The fourth-order valence-corrected chi connectivity index (χ4v) is 6.93. The van der Waals surface area contributed by atoms with Gasteiger partial charge in [-0.1, -0.05) is 41.9 Å². The zero-order chi connectivity index (χ0) is 41.3. The summed E-state index contributed by atoms with van der Waals surface area (Å²) < 4.78 is 18.6. The molecule has 14 nitrogen and oxygen atoms in total. The van der Waals surface area contributed by atoms with E-state index in [0.717, 1.165) is 40.0 Å². The summed E-state index contributed by atoms with van der Waals surface area (Å²) in [5, 5.41) is 42.2. The predicted molar refractivity (Wildman–Crippen MR) is 213 cm³/mol. The molecule has 304 valence electrons. The van der Waals surface area contributed by atoms with Crippen LogP contribution in [-0.4, -0.2) is 92.1 Å². The third kappa shape index (κ3) is 11.0. The van der Waals surface area contributed by atoms with Crippen molar-refractivity contribution in [3.63, 3.8) is 0 Å². The van der Waals surface area contributed by atoms with Crippen LogP contribution in [0.3, 0.4) is 0 Å². The quantitative estimate of drug-likeness (QED) is 0.0658. The topological polar surface area (TPSA) is 214 Å². The number of aliphatic carboxylic acids is 2. The molecule has 7 N–H and O–H groups in total. The lowest BCUT2D eigenvalue weighted by Crippen LogP contribution is -2.52. The van der Waals surface area contributed by atoms with Gasteiger partial charge in [0, 0.05) is 55.8 Å². The minimum absolute atomic E-state index is 0.000932. The Labute approximate surface area is 336 Å². The molecule has 0 saturated carbocycles. The SMILES string of the molecule is Cc1c(COc2cc(OCc3cncc(C(N)=O)c3)c(CN[C@@](C)(CO)C(=O)O)cc2Cl)cccc1-c1cccc(OCCCN2CCC(O)(CC(=O)O)C2)c1C. The zero-order valence-corrected chi connectivity index (χ0v) is 33.0. The molecule has 57 heavy (non-hydrogen) atoms. The van der Waals surface area contributed by atoms with Gasteiger partial charge in [0.1, 0.15) is 36.0 Å². The Bertz CT molecular complexity index is 2100. The molecule has 2 atom stereocenters. The number of carboxylic acids is 2. The molecule has 0 spiro atoms. The molecule has 1 aromatic heterocycles. The van der Waals surface area contributed by atoms with Crippen molar-refractivity contribution in [1.29, 1.82) is 0 Å².